The van der Waals surface area contributed by atoms with Crippen molar-refractivity contribution in [3.63, 3.8) is 0 Å². The first-order valence-corrected chi connectivity index (χ1v) is 21.9. The second kappa shape index (κ2) is 43.9. The minimum absolute atomic E-state index is 0.00969. The number of hydrogen-bond acceptors (Lipinski definition) is 3. The highest BCUT2D eigenvalue weighted by molar-refractivity contribution is 5.69. The predicted molar refractivity (Wildman–Crippen MR) is 213 cm³/mol. The maximum Gasteiger partial charge on any atom is 0.305 e. The van der Waals surface area contributed by atoms with Gasteiger partial charge < -0.3 is 9.84 Å². The molecule has 3 heteroatoms. The van der Waals surface area contributed by atoms with Crippen LogP contribution in [0, 0.1) is 0 Å². The average molecular weight is 675 g/mol. The third kappa shape index (κ3) is 42.9. The van der Waals surface area contributed by atoms with Gasteiger partial charge in [0, 0.05) is 13.0 Å². The lowest BCUT2D eigenvalue weighted by molar-refractivity contribution is -0.143. The van der Waals surface area contributed by atoms with E-state index in [0.29, 0.717) is 19.6 Å². The highest BCUT2D eigenvalue weighted by Gasteiger charge is 2.03. The van der Waals surface area contributed by atoms with Crippen molar-refractivity contribution in [2.45, 2.75) is 244 Å². The third-order valence-corrected chi connectivity index (χ3v) is 9.90. The Labute approximate surface area is 301 Å². The van der Waals surface area contributed by atoms with Crippen molar-refractivity contribution in [1.29, 1.82) is 0 Å². The molecule has 0 rings (SSSR count). The van der Waals surface area contributed by atoms with E-state index in [1.54, 1.807) is 0 Å². The summed E-state index contributed by atoms with van der Waals surface area (Å²) in [6, 6.07) is 0. The molecule has 0 atom stereocenters. The van der Waals surface area contributed by atoms with Gasteiger partial charge in [-0.25, -0.2) is 0 Å². The van der Waals surface area contributed by atoms with Gasteiger partial charge in [-0.2, -0.15) is 0 Å². The van der Waals surface area contributed by atoms with Crippen LogP contribution in [0.3, 0.4) is 0 Å². The molecule has 284 valence electrons. The molecule has 0 aromatic carbocycles. The van der Waals surface area contributed by atoms with Gasteiger partial charge in [0.05, 0.1) is 6.61 Å². The molecule has 0 aliphatic rings. The lowest BCUT2D eigenvalue weighted by Crippen LogP contribution is -2.05. The molecule has 48 heavy (non-hydrogen) atoms. The second-order valence-electron chi connectivity index (χ2n) is 14.8. The zero-order valence-corrected chi connectivity index (χ0v) is 32.7. The zero-order valence-electron chi connectivity index (χ0n) is 32.7. The Hall–Kier alpha value is -1.09. The van der Waals surface area contributed by atoms with Gasteiger partial charge in [0.1, 0.15) is 0 Å². The van der Waals surface area contributed by atoms with Gasteiger partial charge in [-0.05, 0) is 51.4 Å². The van der Waals surface area contributed by atoms with Crippen molar-refractivity contribution < 1.29 is 14.6 Å². The first kappa shape index (κ1) is 46.9. The molecule has 0 bridgehead atoms. The molecule has 1 N–H and O–H groups in total. The van der Waals surface area contributed by atoms with Crippen LogP contribution in [0.15, 0.2) is 24.3 Å². The Balaban J connectivity index is 3.18. The molecule has 0 heterocycles. The number of aliphatic hydroxyl groups excluding tert-OH is 1. The molecule has 0 saturated carbocycles. The fourth-order valence-corrected chi connectivity index (χ4v) is 6.62. The van der Waals surface area contributed by atoms with Crippen LogP contribution < -0.4 is 0 Å². The Bertz CT molecular complexity index is 655. The van der Waals surface area contributed by atoms with E-state index < -0.39 is 0 Å². The van der Waals surface area contributed by atoms with Gasteiger partial charge in [-0.15, -0.1) is 0 Å². The molecule has 0 radical (unpaired) electrons. The van der Waals surface area contributed by atoms with Crippen LogP contribution in [0.5, 0.6) is 0 Å². The Kier molecular flexibility index (Phi) is 42.9. The smallest absolute Gasteiger partial charge is 0.305 e. The number of aliphatic hydroxyl groups is 1. The Morgan fingerprint density at radius 2 is 0.750 bits per heavy atom. The monoisotopic (exact) mass is 675 g/mol. The number of esters is 1. The summed E-state index contributed by atoms with van der Waals surface area (Å²) in [7, 11) is 0. The van der Waals surface area contributed by atoms with Gasteiger partial charge >= 0.3 is 5.97 Å². The molecule has 0 aliphatic carbocycles. The largest absolute Gasteiger partial charge is 0.466 e. The molecule has 0 saturated heterocycles. The summed E-state index contributed by atoms with van der Waals surface area (Å²) in [5, 5.41) is 8.80. The van der Waals surface area contributed by atoms with Crippen LogP contribution >= 0.6 is 0 Å². The fraction of sp³-hybridized carbons (Fsp3) is 0.889. The van der Waals surface area contributed by atoms with Crippen molar-refractivity contribution in [3.8, 4) is 0 Å². The quantitative estimate of drug-likeness (QED) is 0.0399. The molecule has 0 unspecified atom stereocenters. The van der Waals surface area contributed by atoms with Crippen LogP contribution in [0.2, 0.25) is 0 Å². The van der Waals surface area contributed by atoms with Gasteiger partial charge in [-0.1, -0.05) is 211 Å². The number of carbonyl (C=O) groups excluding carboxylic acids is 1. The van der Waals surface area contributed by atoms with Gasteiger partial charge in [-0.3, -0.25) is 4.79 Å². The fourth-order valence-electron chi connectivity index (χ4n) is 6.62. The molecule has 0 amide bonds. The SMILES string of the molecule is CCCCC/C=C\C/C=C\CCCCCCCC(=O)OCCCCCCCCCCCCCCCCCCCCCCCCCCCO. The number of rotatable bonds is 41. The second-order valence-corrected chi connectivity index (χ2v) is 14.8. The van der Waals surface area contributed by atoms with Crippen molar-refractivity contribution >= 4 is 5.97 Å². The van der Waals surface area contributed by atoms with Crippen LogP contribution in [0.4, 0.5) is 0 Å². The number of allylic oxidation sites excluding steroid dienone is 4. The van der Waals surface area contributed by atoms with Crippen LogP contribution in [-0.4, -0.2) is 24.3 Å². The number of unbranched alkanes of at least 4 members (excludes halogenated alkanes) is 32. The summed E-state index contributed by atoms with van der Waals surface area (Å²) in [5.74, 6) is 0.00969. The van der Waals surface area contributed by atoms with Gasteiger partial charge in [0.15, 0.2) is 0 Å². The van der Waals surface area contributed by atoms with E-state index >= 15 is 0 Å². The van der Waals surface area contributed by atoms with Crippen LogP contribution in [-0.2, 0) is 9.53 Å². The minimum Gasteiger partial charge on any atom is -0.466 e. The first-order valence-electron chi connectivity index (χ1n) is 21.9. The van der Waals surface area contributed by atoms with Crippen molar-refractivity contribution in [2.75, 3.05) is 13.2 Å². The highest BCUT2D eigenvalue weighted by atomic mass is 16.5. The number of ether oxygens (including phenoxy) is 1. The molecular formula is C45H86O3. The first-order chi connectivity index (χ1) is 23.8. The zero-order chi connectivity index (χ0) is 34.7. The normalized spacial score (nSPS) is 11.8. The molecule has 0 aromatic heterocycles. The lowest BCUT2D eigenvalue weighted by Gasteiger charge is -2.06. The van der Waals surface area contributed by atoms with Crippen LogP contribution in [0.1, 0.15) is 244 Å². The maximum atomic E-state index is 12.0. The van der Waals surface area contributed by atoms with Crippen molar-refractivity contribution in [2.24, 2.45) is 0 Å². The molecule has 0 aromatic rings. The topological polar surface area (TPSA) is 46.5 Å². The van der Waals surface area contributed by atoms with E-state index in [9.17, 15) is 4.79 Å². The summed E-state index contributed by atoms with van der Waals surface area (Å²) in [6.45, 7) is 3.24. The standard InChI is InChI=1S/C45H86O3/c1-2-3-4-5-6-7-8-9-21-24-27-30-33-36-39-42-45(47)48-44-41-38-35-32-29-26-23-20-18-16-14-12-10-11-13-15-17-19-22-25-28-31-34-37-40-43-46/h6-7,9,21,46H,2-5,8,10-20,22-44H2,1H3/b7-6-,21-9-. The highest BCUT2D eigenvalue weighted by Crippen LogP contribution is 2.16. The summed E-state index contributed by atoms with van der Waals surface area (Å²) in [5.41, 5.74) is 0. The predicted octanol–water partition coefficient (Wildman–Crippen LogP) is 15.1. The van der Waals surface area contributed by atoms with E-state index in [1.807, 2.05) is 0 Å². The molecule has 0 fully saturated rings. The van der Waals surface area contributed by atoms with E-state index in [0.717, 1.165) is 32.1 Å². The Morgan fingerprint density at radius 1 is 0.417 bits per heavy atom. The van der Waals surface area contributed by atoms with Gasteiger partial charge in [0.2, 0.25) is 0 Å². The molecule has 3 nitrogen and oxygen atoms in total. The summed E-state index contributed by atoms with van der Waals surface area (Å²) in [4.78, 5) is 12.0. The molecule has 0 aliphatic heterocycles. The van der Waals surface area contributed by atoms with Crippen LogP contribution in [0.25, 0.3) is 0 Å². The van der Waals surface area contributed by atoms with E-state index in [1.165, 1.54) is 199 Å². The summed E-state index contributed by atoms with van der Waals surface area (Å²) >= 11 is 0. The van der Waals surface area contributed by atoms with Crippen molar-refractivity contribution in [1.82, 2.24) is 0 Å². The third-order valence-electron chi connectivity index (χ3n) is 9.90. The summed E-state index contributed by atoms with van der Waals surface area (Å²) in [6.07, 6.45) is 57.2. The number of carbonyl (C=O) groups is 1. The van der Waals surface area contributed by atoms with E-state index in [2.05, 4.69) is 31.2 Å². The van der Waals surface area contributed by atoms with E-state index in [-0.39, 0.29) is 5.97 Å². The average Bonchev–Trinajstić information content (AvgIpc) is 3.09. The Morgan fingerprint density at radius 3 is 1.15 bits per heavy atom. The molecular weight excluding hydrogens is 588 g/mol. The number of hydrogen-bond donors (Lipinski definition) is 1. The molecule has 0 spiro atoms. The minimum atomic E-state index is 0.00969. The van der Waals surface area contributed by atoms with E-state index in [4.69, 9.17) is 9.84 Å². The summed E-state index contributed by atoms with van der Waals surface area (Å²) < 4.78 is 5.46. The van der Waals surface area contributed by atoms with Crippen molar-refractivity contribution in [3.05, 3.63) is 24.3 Å². The maximum absolute atomic E-state index is 12.0. The van der Waals surface area contributed by atoms with Gasteiger partial charge in [0.25, 0.3) is 0 Å². The lowest BCUT2D eigenvalue weighted by atomic mass is 10.0.